The lowest BCUT2D eigenvalue weighted by molar-refractivity contribution is 0.162. The summed E-state index contributed by atoms with van der Waals surface area (Å²) in [6, 6.07) is 0.562. The summed E-state index contributed by atoms with van der Waals surface area (Å²) in [7, 11) is 0. The van der Waals surface area contributed by atoms with Gasteiger partial charge in [-0.3, -0.25) is 0 Å². The van der Waals surface area contributed by atoms with Crippen LogP contribution in [0.2, 0.25) is 0 Å². The Labute approximate surface area is 122 Å². The molecule has 0 radical (unpaired) electrons. The van der Waals surface area contributed by atoms with Crippen molar-refractivity contribution in [2.75, 3.05) is 19.6 Å². The van der Waals surface area contributed by atoms with Crippen molar-refractivity contribution in [2.45, 2.75) is 59.5 Å². The third-order valence-corrected chi connectivity index (χ3v) is 4.66. The molecule has 1 unspecified atom stereocenters. The lowest BCUT2D eigenvalue weighted by atomic mass is 9.90. The molecule has 114 valence electrons. The minimum Gasteiger partial charge on any atom is -0.361 e. The third kappa shape index (κ3) is 3.83. The largest absolute Gasteiger partial charge is 0.361 e. The standard InChI is InChI=1S/C16H29N3O/c1-5-8-19-9-6-15(7-10-19)12(2)17-11-16-13(3)18-20-14(16)4/h12,15,17H,5-11H2,1-4H3. The van der Waals surface area contributed by atoms with Crippen molar-refractivity contribution in [2.24, 2.45) is 5.92 Å². The molecule has 1 aromatic rings. The van der Waals surface area contributed by atoms with E-state index in [-0.39, 0.29) is 0 Å². The summed E-state index contributed by atoms with van der Waals surface area (Å²) >= 11 is 0. The van der Waals surface area contributed by atoms with Crippen molar-refractivity contribution in [3.63, 3.8) is 0 Å². The van der Waals surface area contributed by atoms with E-state index in [0.717, 1.165) is 23.9 Å². The fraction of sp³-hybridized carbons (Fsp3) is 0.812. The molecule has 2 heterocycles. The topological polar surface area (TPSA) is 41.3 Å². The Balaban J connectivity index is 1.77. The summed E-state index contributed by atoms with van der Waals surface area (Å²) in [5, 5.41) is 7.68. The molecule has 0 aliphatic carbocycles. The molecule has 1 N–H and O–H groups in total. The molecule has 0 spiro atoms. The fourth-order valence-electron chi connectivity index (χ4n) is 3.18. The number of aromatic nitrogens is 1. The lowest BCUT2D eigenvalue weighted by Crippen LogP contribution is -2.42. The van der Waals surface area contributed by atoms with Crippen LogP contribution in [0.25, 0.3) is 0 Å². The van der Waals surface area contributed by atoms with Crippen molar-refractivity contribution < 1.29 is 4.52 Å². The first-order valence-electron chi connectivity index (χ1n) is 7.99. The van der Waals surface area contributed by atoms with E-state index in [1.54, 1.807) is 0 Å². The number of nitrogens with one attached hydrogen (secondary N) is 1. The van der Waals surface area contributed by atoms with Crippen LogP contribution in [0.3, 0.4) is 0 Å². The van der Waals surface area contributed by atoms with Crippen LogP contribution in [0.15, 0.2) is 4.52 Å². The second-order valence-electron chi connectivity index (χ2n) is 6.15. The first kappa shape index (κ1) is 15.5. The predicted octanol–water partition coefficient (Wildman–Crippen LogP) is 2.89. The molecule has 1 fully saturated rings. The van der Waals surface area contributed by atoms with E-state index >= 15 is 0 Å². The Morgan fingerprint density at radius 2 is 2.05 bits per heavy atom. The van der Waals surface area contributed by atoms with Gasteiger partial charge in [-0.15, -0.1) is 0 Å². The lowest BCUT2D eigenvalue weighted by Gasteiger charge is -2.35. The van der Waals surface area contributed by atoms with E-state index in [2.05, 4.69) is 29.2 Å². The second-order valence-corrected chi connectivity index (χ2v) is 6.15. The van der Waals surface area contributed by atoms with Crippen LogP contribution in [-0.4, -0.2) is 35.7 Å². The Hall–Kier alpha value is -0.870. The van der Waals surface area contributed by atoms with Gasteiger partial charge in [0.15, 0.2) is 0 Å². The molecule has 1 saturated heterocycles. The average molecular weight is 279 g/mol. The van der Waals surface area contributed by atoms with Crippen molar-refractivity contribution in [1.82, 2.24) is 15.4 Å². The summed E-state index contributed by atoms with van der Waals surface area (Å²) in [5.41, 5.74) is 2.24. The normalized spacial score (nSPS) is 19.4. The summed E-state index contributed by atoms with van der Waals surface area (Å²) in [5.74, 6) is 1.74. The van der Waals surface area contributed by atoms with Gasteiger partial charge in [0, 0.05) is 18.2 Å². The zero-order valence-electron chi connectivity index (χ0n) is 13.4. The Morgan fingerprint density at radius 1 is 1.35 bits per heavy atom. The van der Waals surface area contributed by atoms with Crippen LogP contribution < -0.4 is 5.32 Å². The highest BCUT2D eigenvalue weighted by molar-refractivity contribution is 5.20. The monoisotopic (exact) mass is 279 g/mol. The Morgan fingerprint density at radius 3 is 2.60 bits per heavy atom. The van der Waals surface area contributed by atoms with E-state index in [1.165, 1.54) is 44.5 Å². The molecule has 1 aliphatic rings. The highest BCUT2D eigenvalue weighted by Gasteiger charge is 2.23. The van der Waals surface area contributed by atoms with Crippen LogP contribution in [0.4, 0.5) is 0 Å². The molecule has 0 aromatic carbocycles. The van der Waals surface area contributed by atoms with Gasteiger partial charge in [0.1, 0.15) is 5.76 Å². The number of hydrogen-bond acceptors (Lipinski definition) is 4. The van der Waals surface area contributed by atoms with Gasteiger partial charge in [-0.2, -0.15) is 0 Å². The minimum absolute atomic E-state index is 0.562. The average Bonchev–Trinajstić information content (AvgIpc) is 2.77. The molecule has 1 atom stereocenters. The number of piperidine rings is 1. The first-order valence-corrected chi connectivity index (χ1v) is 7.99. The maximum Gasteiger partial charge on any atom is 0.138 e. The van der Waals surface area contributed by atoms with Crippen molar-refractivity contribution in [1.29, 1.82) is 0 Å². The van der Waals surface area contributed by atoms with E-state index in [1.807, 2.05) is 13.8 Å². The molecule has 4 nitrogen and oxygen atoms in total. The number of rotatable bonds is 6. The van der Waals surface area contributed by atoms with Crippen molar-refractivity contribution in [3.05, 3.63) is 17.0 Å². The molecular formula is C16H29N3O. The number of nitrogens with zero attached hydrogens (tertiary/aromatic N) is 2. The fourth-order valence-corrected chi connectivity index (χ4v) is 3.18. The van der Waals surface area contributed by atoms with Crippen LogP contribution in [0.1, 0.15) is 50.1 Å². The quantitative estimate of drug-likeness (QED) is 0.869. The van der Waals surface area contributed by atoms with Crippen LogP contribution >= 0.6 is 0 Å². The second kappa shape index (κ2) is 7.23. The highest BCUT2D eigenvalue weighted by atomic mass is 16.5. The zero-order valence-corrected chi connectivity index (χ0v) is 13.4. The zero-order chi connectivity index (χ0) is 14.5. The molecular weight excluding hydrogens is 250 g/mol. The van der Waals surface area contributed by atoms with Gasteiger partial charge in [0.25, 0.3) is 0 Å². The number of aryl methyl sites for hydroxylation is 2. The summed E-state index contributed by atoms with van der Waals surface area (Å²) < 4.78 is 5.22. The SMILES string of the molecule is CCCN1CCC(C(C)NCc2c(C)noc2C)CC1. The van der Waals surface area contributed by atoms with Gasteiger partial charge in [-0.1, -0.05) is 12.1 Å². The van der Waals surface area contributed by atoms with Gasteiger partial charge in [0.2, 0.25) is 0 Å². The Bertz CT molecular complexity index is 388. The molecule has 0 amide bonds. The molecule has 4 heteroatoms. The van der Waals surface area contributed by atoms with Gasteiger partial charge in [-0.05, 0) is 65.6 Å². The molecule has 20 heavy (non-hydrogen) atoms. The number of hydrogen-bond donors (Lipinski definition) is 1. The molecule has 2 rings (SSSR count). The minimum atomic E-state index is 0.562. The van der Waals surface area contributed by atoms with Gasteiger partial charge in [0.05, 0.1) is 5.69 Å². The summed E-state index contributed by atoms with van der Waals surface area (Å²) in [6.45, 7) is 13.2. The van der Waals surface area contributed by atoms with E-state index in [9.17, 15) is 0 Å². The van der Waals surface area contributed by atoms with Crippen molar-refractivity contribution in [3.8, 4) is 0 Å². The van der Waals surface area contributed by atoms with Crippen molar-refractivity contribution >= 4 is 0 Å². The predicted molar refractivity (Wildman–Crippen MR) is 81.7 cm³/mol. The Kier molecular flexibility index (Phi) is 5.61. The summed E-state index contributed by atoms with van der Waals surface area (Å²) in [4.78, 5) is 2.59. The first-order chi connectivity index (χ1) is 9.61. The van der Waals surface area contributed by atoms with Crippen LogP contribution in [0, 0.1) is 19.8 Å². The molecule has 1 aliphatic heterocycles. The third-order valence-electron chi connectivity index (χ3n) is 4.66. The van der Waals surface area contributed by atoms with Gasteiger partial charge in [-0.25, -0.2) is 0 Å². The van der Waals surface area contributed by atoms with Crippen LogP contribution in [-0.2, 0) is 6.54 Å². The molecule has 0 saturated carbocycles. The summed E-state index contributed by atoms with van der Waals surface area (Å²) in [6.07, 6.45) is 3.90. The smallest absolute Gasteiger partial charge is 0.138 e. The van der Waals surface area contributed by atoms with Gasteiger partial charge >= 0.3 is 0 Å². The van der Waals surface area contributed by atoms with E-state index < -0.39 is 0 Å². The number of likely N-dealkylation sites (tertiary alicyclic amines) is 1. The van der Waals surface area contributed by atoms with E-state index in [0.29, 0.717) is 6.04 Å². The molecule has 1 aromatic heterocycles. The maximum absolute atomic E-state index is 5.22. The van der Waals surface area contributed by atoms with Gasteiger partial charge < -0.3 is 14.7 Å². The highest BCUT2D eigenvalue weighted by Crippen LogP contribution is 2.21. The maximum atomic E-state index is 5.22. The van der Waals surface area contributed by atoms with E-state index in [4.69, 9.17) is 4.52 Å². The molecule has 0 bridgehead atoms. The van der Waals surface area contributed by atoms with Crippen LogP contribution in [0.5, 0.6) is 0 Å².